The molecule has 0 saturated carbocycles. The lowest BCUT2D eigenvalue weighted by Crippen LogP contribution is -2.26. The molecule has 29 heavy (non-hydrogen) atoms. The summed E-state index contributed by atoms with van der Waals surface area (Å²) in [5, 5.41) is 0. The zero-order chi connectivity index (χ0) is 20.1. The van der Waals surface area contributed by atoms with Gasteiger partial charge in [-0.2, -0.15) is 0 Å². The Hall–Kier alpha value is -2.43. The van der Waals surface area contributed by atoms with E-state index in [-0.39, 0.29) is 11.9 Å². The molecule has 2 heterocycles. The van der Waals surface area contributed by atoms with Gasteiger partial charge in [-0.1, -0.05) is 0 Å². The van der Waals surface area contributed by atoms with Crippen molar-refractivity contribution in [1.29, 1.82) is 0 Å². The molecule has 0 N–H and O–H groups in total. The first-order chi connectivity index (χ1) is 14.2. The second kappa shape index (κ2) is 9.38. The Bertz CT molecular complexity index is 790. The SMILES string of the molecule is CCOc1ccc(F)c(N2CCCC(Oc3ccc(N4CCCC4)cc3)CC2)c1. The van der Waals surface area contributed by atoms with Gasteiger partial charge in [-0.3, -0.25) is 0 Å². The molecule has 5 heteroatoms. The van der Waals surface area contributed by atoms with Gasteiger partial charge < -0.3 is 19.3 Å². The highest BCUT2D eigenvalue weighted by atomic mass is 19.1. The topological polar surface area (TPSA) is 24.9 Å². The summed E-state index contributed by atoms with van der Waals surface area (Å²) in [6, 6.07) is 13.5. The third kappa shape index (κ3) is 4.95. The van der Waals surface area contributed by atoms with Gasteiger partial charge in [0.1, 0.15) is 23.4 Å². The Morgan fingerprint density at radius 3 is 2.34 bits per heavy atom. The van der Waals surface area contributed by atoms with Crippen molar-refractivity contribution in [2.75, 3.05) is 42.6 Å². The van der Waals surface area contributed by atoms with Crippen LogP contribution in [0.15, 0.2) is 42.5 Å². The summed E-state index contributed by atoms with van der Waals surface area (Å²) in [7, 11) is 0. The molecule has 2 aliphatic rings. The second-order valence-corrected chi connectivity index (χ2v) is 7.89. The fourth-order valence-corrected chi connectivity index (χ4v) is 4.32. The number of anilines is 2. The maximum absolute atomic E-state index is 14.4. The minimum absolute atomic E-state index is 0.163. The maximum atomic E-state index is 14.4. The molecule has 156 valence electrons. The third-order valence-corrected chi connectivity index (χ3v) is 5.86. The van der Waals surface area contributed by atoms with E-state index < -0.39 is 0 Å². The standard InChI is InChI=1S/C24H31FN2O2/c1-2-28-22-11-12-23(25)24(18-22)27-16-5-6-20(13-17-27)29-21-9-7-19(8-10-21)26-14-3-4-15-26/h7-12,18,20H,2-6,13-17H2,1H3. The lowest BCUT2D eigenvalue weighted by atomic mass is 10.1. The highest BCUT2D eigenvalue weighted by molar-refractivity contribution is 5.52. The third-order valence-electron chi connectivity index (χ3n) is 5.86. The number of benzene rings is 2. The minimum Gasteiger partial charge on any atom is -0.494 e. The van der Waals surface area contributed by atoms with Gasteiger partial charge in [-0.05, 0) is 69.0 Å². The highest BCUT2D eigenvalue weighted by Gasteiger charge is 2.21. The monoisotopic (exact) mass is 398 g/mol. The van der Waals surface area contributed by atoms with Crippen LogP contribution in [0.4, 0.5) is 15.8 Å². The zero-order valence-electron chi connectivity index (χ0n) is 17.3. The van der Waals surface area contributed by atoms with Gasteiger partial charge in [0.2, 0.25) is 0 Å². The summed E-state index contributed by atoms with van der Waals surface area (Å²) in [6.07, 6.45) is 5.57. The van der Waals surface area contributed by atoms with Crippen LogP contribution in [0.25, 0.3) is 0 Å². The molecule has 0 aliphatic carbocycles. The van der Waals surface area contributed by atoms with Crippen LogP contribution >= 0.6 is 0 Å². The molecule has 2 aromatic carbocycles. The first-order valence-corrected chi connectivity index (χ1v) is 10.9. The molecule has 0 bridgehead atoms. The van der Waals surface area contributed by atoms with Crippen LogP contribution < -0.4 is 19.3 Å². The highest BCUT2D eigenvalue weighted by Crippen LogP contribution is 2.29. The summed E-state index contributed by atoms with van der Waals surface area (Å²) in [5.74, 6) is 1.46. The number of rotatable bonds is 6. The molecule has 2 fully saturated rings. The lowest BCUT2D eigenvalue weighted by Gasteiger charge is -2.24. The van der Waals surface area contributed by atoms with Crippen LogP contribution in [-0.2, 0) is 0 Å². The van der Waals surface area contributed by atoms with E-state index in [4.69, 9.17) is 9.47 Å². The van der Waals surface area contributed by atoms with E-state index in [2.05, 4.69) is 34.1 Å². The van der Waals surface area contributed by atoms with Gasteiger partial charge in [0.05, 0.1) is 12.3 Å². The Morgan fingerprint density at radius 1 is 0.862 bits per heavy atom. The van der Waals surface area contributed by atoms with Crippen molar-refractivity contribution in [3.8, 4) is 11.5 Å². The van der Waals surface area contributed by atoms with E-state index in [1.807, 2.05) is 13.0 Å². The fraction of sp³-hybridized carbons (Fsp3) is 0.500. The van der Waals surface area contributed by atoms with E-state index in [1.165, 1.54) is 24.6 Å². The summed E-state index contributed by atoms with van der Waals surface area (Å²) in [4.78, 5) is 4.55. The average molecular weight is 399 g/mol. The molecule has 4 rings (SSSR count). The minimum atomic E-state index is -0.190. The van der Waals surface area contributed by atoms with E-state index in [1.54, 1.807) is 6.07 Å². The molecule has 1 atom stereocenters. The molecule has 1 unspecified atom stereocenters. The quantitative estimate of drug-likeness (QED) is 0.662. The zero-order valence-corrected chi connectivity index (χ0v) is 17.3. The van der Waals surface area contributed by atoms with Crippen molar-refractivity contribution >= 4 is 11.4 Å². The van der Waals surface area contributed by atoms with Gasteiger partial charge in [0.25, 0.3) is 0 Å². The van der Waals surface area contributed by atoms with Crippen molar-refractivity contribution in [1.82, 2.24) is 0 Å². The first-order valence-electron chi connectivity index (χ1n) is 10.9. The molecule has 2 aliphatic heterocycles. The van der Waals surface area contributed by atoms with Crippen LogP contribution in [0.5, 0.6) is 11.5 Å². The normalized spacial score (nSPS) is 19.9. The van der Waals surface area contributed by atoms with Crippen LogP contribution in [-0.4, -0.2) is 38.9 Å². The van der Waals surface area contributed by atoms with Crippen LogP contribution in [0.1, 0.15) is 39.0 Å². The Morgan fingerprint density at radius 2 is 1.59 bits per heavy atom. The number of halogens is 1. The number of ether oxygens (including phenoxy) is 2. The van der Waals surface area contributed by atoms with Gasteiger partial charge in [-0.25, -0.2) is 4.39 Å². The molecule has 2 aromatic rings. The van der Waals surface area contributed by atoms with E-state index in [0.29, 0.717) is 12.3 Å². The van der Waals surface area contributed by atoms with Gasteiger partial charge >= 0.3 is 0 Å². The van der Waals surface area contributed by atoms with Crippen molar-refractivity contribution in [3.63, 3.8) is 0 Å². The predicted octanol–water partition coefficient (Wildman–Crippen LogP) is 5.26. The molecule has 2 saturated heterocycles. The molecular formula is C24H31FN2O2. The number of hydrogen-bond donors (Lipinski definition) is 0. The molecule has 0 radical (unpaired) electrons. The van der Waals surface area contributed by atoms with E-state index in [0.717, 1.165) is 56.9 Å². The first kappa shape index (κ1) is 19.9. The molecule has 0 aromatic heterocycles. The summed E-state index contributed by atoms with van der Waals surface area (Å²) < 4.78 is 26.2. The second-order valence-electron chi connectivity index (χ2n) is 7.89. The maximum Gasteiger partial charge on any atom is 0.146 e. The summed E-state index contributed by atoms with van der Waals surface area (Å²) >= 11 is 0. The van der Waals surface area contributed by atoms with E-state index >= 15 is 0 Å². The smallest absolute Gasteiger partial charge is 0.146 e. The summed E-state index contributed by atoms with van der Waals surface area (Å²) in [6.45, 7) is 6.44. The number of hydrogen-bond acceptors (Lipinski definition) is 4. The van der Waals surface area contributed by atoms with E-state index in [9.17, 15) is 4.39 Å². The van der Waals surface area contributed by atoms with Crippen molar-refractivity contribution in [3.05, 3.63) is 48.3 Å². The van der Waals surface area contributed by atoms with Crippen LogP contribution in [0.3, 0.4) is 0 Å². The lowest BCUT2D eigenvalue weighted by molar-refractivity contribution is 0.188. The average Bonchev–Trinajstić information content (AvgIpc) is 3.18. The molecule has 0 amide bonds. The number of nitrogens with zero attached hydrogens (tertiary/aromatic N) is 2. The van der Waals surface area contributed by atoms with Gasteiger partial charge in [-0.15, -0.1) is 0 Å². The Labute approximate surface area is 173 Å². The largest absolute Gasteiger partial charge is 0.494 e. The van der Waals surface area contributed by atoms with Crippen molar-refractivity contribution in [2.45, 2.75) is 45.1 Å². The Balaban J connectivity index is 1.36. The molecular weight excluding hydrogens is 367 g/mol. The Kier molecular flexibility index (Phi) is 6.43. The van der Waals surface area contributed by atoms with Crippen LogP contribution in [0, 0.1) is 5.82 Å². The predicted molar refractivity (Wildman–Crippen MR) is 116 cm³/mol. The van der Waals surface area contributed by atoms with Crippen LogP contribution in [0.2, 0.25) is 0 Å². The molecule has 4 nitrogen and oxygen atoms in total. The fourth-order valence-electron chi connectivity index (χ4n) is 4.32. The van der Waals surface area contributed by atoms with Crippen molar-refractivity contribution < 1.29 is 13.9 Å². The van der Waals surface area contributed by atoms with Crippen molar-refractivity contribution in [2.24, 2.45) is 0 Å². The van der Waals surface area contributed by atoms with Gasteiger partial charge in [0, 0.05) is 44.4 Å². The summed E-state index contributed by atoms with van der Waals surface area (Å²) in [5.41, 5.74) is 1.91. The van der Waals surface area contributed by atoms with Gasteiger partial charge in [0.15, 0.2) is 0 Å². The molecule has 0 spiro atoms.